The molecule has 0 saturated heterocycles. The van der Waals surface area contributed by atoms with Gasteiger partial charge in [0.1, 0.15) is 11.8 Å². The van der Waals surface area contributed by atoms with Gasteiger partial charge in [-0.05, 0) is 30.6 Å². The van der Waals surface area contributed by atoms with Gasteiger partial charge in [0.05, 0.1) is 6.20 Å². The molecule has 1 heterocycles. The molecular weight excluding hydrogens is 228 g/mol. The Labute approximate surface area is 98.7 Å². The molecule has 0 aliphatic heterocycles. The normalized spacial score (nSPS) is 11.1. The van der Waals surface area contributed by atoms with E-state index in [1.54, 1.807) is 30.1 Å². The molecule has 0 radical (unpaired) electrons. The van der Waals surface area contributed by atoms with Gasteiger partial charge in [-0.2, -0.15) is 11.8 Å². The molecule has 0 aliphatic carbocycles. The summed E-state index contributed by atoms with van der Waals surface area (Å²) >= 11 is 1.60. The van der Waals surface area contributed by atoms with E-state index in [0.717, 1.165) is 5.75 Å². The van der Waals surface area contributed by atoms with Crippen LogP contribution in [0.3, 0.4) is 0 Å². The summed E-state index contributed by atoms with van der Waals surface area (Å²) in [5, 5.41) is 16.8. The molecule has 1 aromatic heterocycles. The van der Waals surface area contributed by atoms with E-state index in [1.165, 1.54) is 6.20 Å². The highest BCUT2D eigenvalue weighted by molar-refractivity contribution is 7.98. The Hall–Kier alpha value is -1.27. The molecule has 0 bridgehead atoms. The second-order valence-electron chi connectivity index (χ2n) is 2.94. The topological polar surface area (TPSA) is 96.4 Å². The summed E-state index contributed by atoms with van der Waals surface area (Å²) in [5.41, 5.74) is 5.19. The second kappa shape index (κ2) is 8.99. The average Bonchev–Trinajstić information content (AvgIpc) is 2.27. The first-order valence-electron chi connectivity index (χ1n) is 4.64. The number of carbonyl (C=O) groups is 1. The fraction of sp³-hybridized carbons (Fsp3) is 0.400. The number of hydrogen-bond donors (Lipinski definition) is 3. The van der Waals surface area contributed by atoms with Crippen LogP contribution in [0.2, 0.25) is 0 Å². The van der Waals surface area contributed by atoms with Crippen molar-refractivity contribution < 1.29 is 15.0 Å². The first kappa shape index (κ1) is 14.7. The predicted molar refractivity (Wildman–Crippen MR) is 64.5 cm³/mol. The molecular formula is C10H16N2O3S. The van der Waals surface area contributed by atoms with E-state index in [2.05, 4.69) is 4.98 Å². The molecule has 1 atom stereocenters. The number of pyridine rings is 1. The van der Waals surface area contributed by atoms with Crippen LogP contribution in [0.25, 0.3) is 0 Å². The molecule has 1 unspecified atom stereocenters. The molecule has 0 fully saturated rings. The minimum absolute atomic E-state index is 0.211. The zero-order valence-electron chi connectivity index (χ0n) is 9.04. The molecule has 5 nitrogen and oxygen atoms in total. The van der Waals surface area contributed by atoms with Crippen LogP contribution in [0.5, 0.6) is 5.75 Å². The number of nitrogens with two attached hydrogens (primary N) is 1. The van der Waals surface area contributed by atoms with E-state index >= 15 is 0 Å². The quantitative estimate of drug-likeness (QED) is 0.729. The van der Waals surface area contributed by atoms with Gasteiger partial charge in [-0.3, -0.25) is 9.78 Å². The third kappa shape index (κ3) is 8.07. The molecule has 0 amide bonds. The number of rotatable bonds is 4. The number of hydrogen-bond acceptors (Lipinski definition) is 5. The maximum atomic E-state index is 10.1. The van der Waals surface area contributed by atoms with Crippen molar-refractivity contribution in [2.45, 2.75) is 12.5 Å². The summed E-state index contributed by atoms with van der Waals surface area (Å²) in [7, 11) is 0. The standard InChI is InChI=1S/C5H11NO2S.C5H5NO/c1-9-3-2-4(6)5(7)8;7-5-2-1-3-6-4-5/h4H,2-3,6H2,1H3,(H,7,8);1-4,7H. The summed E-state index contributed by atoms with van der Waals surface area (Å²) < 4.78 is 0. The average molecular weight is 244 g/mol. The van der Waals surface area contributed by atoms with Crippen LogP contribution in [0.15, 0.2) is 24.5 Å². The van der Waals surface area contributed by atoms with E-state index < -0.39 is 12.0 Å². The smallest absolute Gasteiger partial charge is 0.320 e. The van der Waals surface area contributed by atoms with Crippen molar-refractivity contribution in [3.8, 4) is 5.75 Å². The fourth-order valence-corrected chi connectivity index (χ4v) is 1.21. The van der Waals surface area contributed by atoms with Crippen molar-refractivity contribution in [3.05, 3.63) is 24.5 Å². The number of aromatic nitrogens is 1. The highest BCUT2D eigenvalue weighted by Crippen LogP contribution is 1.99. The van der Waals surface area contributed by atoms with Crippen LogP contribution < -0.4 is 5.73 Å². The number of carboxylic acid groups (broad SMARTS) is 1. The van der Waals surface area contributed by atoms with Crippen LogP contribution in [-0.2, 0) is 4.79 Å². The maximum Gasteiger partial charge on any atom is 0.320 e. The molecule has 0 saturated carbocycles. The highest BCUT2D eigenvalue weighted by Gasteiger charge is 2.08. The van der Waals surface area contributed by atoms with Crippen molar-refractivity contribution in [2.24, 2.45) is 5.73 Å². The Morgan fingerprint density at radius 1 is 1.69 bits per heavy atom. The van der Waals surface area contributed by atoms with Gasteiger partial charge in [0.25, 0.3) is 0 Å². The van der Waals surface area contributed by atoms with E-state index in [1.807, 2.05) is 6.26 Å². The Morgan fingerprint density at radius 3 is 2.69 bits per heavy atom. The SMILES string of the molecule is CSCCC(N)C(=O)O.Oc1cccnc1. The van der Waals surface area contributed by atoms with Gasteiger partial charge in [-0.15, -0.1) is 0 Å². The molecule has 1 rings (SSSR count). The van der Waals surface area contributed by atoms with Gasteiger partial charge in [0.15, 0.2) is 0 Å². The van der Waals surface area contributed by atoms with E-state index in [-0.39, 0.29) is 5.75 Å². The Kier molecular flexibility index (Phi) is 8.28. The second-order valence-corrected chi connectivity index (χ2v) is 3.92. The first-order chi connectivity index (χ1) is 7.57. The summed E-state index contributed by atoms with van der Waals surface area (Å²) in [6.07, 6.45) is 5.48. The van der Waals surface area contributed by atoms with E-state index in [9.17, 15) is 4.79 Å². The molecule has 90 valence electrons. The van der Waals surface area contributed by atoms with Gasteiger partial charge < -0.3 is 15.9 Å². The van der Waals surface area contributed by atoms with Crippen molar-refractivity contribution in [2.75, 3.05) is 12.0 Å². The summed E-state index contributed by atoms with van der Waals surface area (Å²) in [4.78, 5) is 13.7. The first-order valence-corrected chi connectivity index (χ1v) is 6.03. The lowest BCUT2D eigenvalue weighted by Crippen LogP contribution is -2.30. The molecule has 1 aromatic rings. The van der Waals surface area contributed by atoms with Gasteiger partial charge in [-0.25, -0.2) is 0 Å². The van der Waals surface area contributed by atoms with Crippen LogP contribution in [-0.4, -0.2) is 39.2 Å². The zero-order chi connectivity index (χ0) is 12.4. The summed E-state index contributed by atoms with van der Waals surface area (Å²) in [6, 6.07) is 2.57. The maximum absolute atomic E-state index is 10.1. The van der Waals surface area contributed by atoms with Crippen LogP contribution in [0.1, 0.15) is 6.42 Å². The van der Waals surface area contributed by atoms with Crippen LogP contribution in [0, 0.1) is 0 Å². The largest absolute Gasteiger partial charge is 0.506 e. The van der Waals surface area contributed by atoms with Gasteiger partial charge in [-0.1, -0.05) is 0 Å². The molecule has 0 aromatic carbocycles. The predicted octanol–water partition coefficient (Wildman–Crippen LogP) is 0.939. The minimum Gasteiger partial charge on any atom is -0.506 e. The third-order valence-corrected chi connectivity index (χ3v) is 2.24. The van der Waals surface area contributed by atoms with E-state index in [0.29, 0.717) is 6.42 Å². The molecule has 6 heteroatoms. The van der Waals surface area contributed by atoms with Crippen molar-refractivity contribution in [1.82, 2.24) is 4.98 Å². The zero-order valence-corrected chi connectivity index (χ0v) is 9.85. The Morgan fingerprint density at radius 2 is 2.38 bits per heavy atom. The van der Waals surface area contributed by atoms with Crippen molar-refractivity contribution in [3.63, 3.8) is 0 Å². The van der Waals surface area contributed by atoms with E-state index in [4.69, 9.17) is 15.9 Å². The van der Waals surface area contributed by atoms with Crippen LogP contribution in [0.4, 0.5) is 0 Å². The lowest BCUT2D eigenvalue weighted by atomic mass is 10.2. The van der Waals surface area contributed by atoms with Gasteiger partial charge in [0, 0.05) is 6.20 Å². The molecule has 0 spiro atoms. The Bertz CT molecular complexity index is 295. The molecule has 0 aliphatic rings. The molecule has 16 heavy (non-hydrogen) atoms. The van der Waals surface area contributed by atoms with Gasteiger partial charge in [0.2, 0.25) is 0 Å². The third-order valence-electron chi connectivity index (χ3n) is 1.60. The fourth-order valence-electron chi connectivity index (χ4n) is 0.722. The Balaban J connectivity index is 0.000000288. The van der Waals surface area contributed by atoms with Crippen molar-refractivity contribution >= 4 is 17.7 Å². The lowest BCUT2D eigenvalue weighted by Gasteiger charge is -2.02. The number of aromatic hydroxyl groups is 1. The number of nitrogens with zero attached hydrogens (tertiary/aromatic N) is 1. The number of aliphatic carboxylic acids is 1. The summed E-state index contributed by atoms with van der Waals surface area (Å²) in [5.74, 6) is 0.111. The monoisotopic (exact) mass is 244 g/mol. The van der Waals surface area contributed by atoms with Gasteiger partial charge >= 0.3 is 5.97 Å². The molecule has 4 N–H and O–H groups in total. The van der Waals surface area contributed by atoms with Crippen molar-refractivity contribution in [1.29, 1.82) is 0 Å². The highest BCUT2D eigenvalue weighted by atomic mass is 32.2. The minimum atomic E-state index is -0.913. The summed E-state index contributed by atoms with van der Waals surface area (Å²) in [6.45, 7) is 0. The number of thioether (sulfide) groups is 1. The van der Waals surface area contributed by atoms with Crippen LogP contribution >= 0.6 is 11.8 Å². The lowest BCUT2D eigenvalue weighted by molar-refractivity contribution is -0.138. The number of carboxylic acids is 1.